The molecule has 108 valence electrons. The van der Waals surface area contributed by atoms with E-state index >= 15 is 0 Å². The summed E-state index contributed by atoms with van der Waals surface area (Å²) in [6.45, 7) is 0.693. The van der Waals surface area contributed by atoms with Crippen LogP contribution in [-0.2, 0) is 4.79 Å². The highest BCUT2D eigenvalue weighted by atomic mass is 32.1. The molecule has 1 unspecified atom stereocenters. The number of carbonyl (C=O) groups excluding carboxylic acids is 2. The van der Waals surface area contributed by atoms with Gasteiger partial charge in [-0.3, -0.25) is 9.59 Å². The van der Waals surface area contributed by atoms with Crippen molar-refractivity contribution in [1.82, 2.24) is 10.6 Å². The second kappa shape index (κ2) is 5.44. The van der Waals surface area contributed by atoms with E-state index in [0.717, 1.165) is 6.42 Å². The molecular formula is C14H18N2O3S. The van der Waals surface area contributed by atoms with E-state index in [0.29, 0.717) is 29.5 Å². The minimum atomic E-state index is -0.426. The Morgan fingerprint density at radius 2 is 2.25 bits per heavy atom. The van der Waals surface area contributed by atoms with Gasteiger partial charge in [-0.25, -0.2) is 0 Å². The highest BCUT2D eigenvalue weighted by Crippen LogP contribution is 2.46. The zero-order valence-electron chi connectivity index (χ0n) is 11.4. The fourth-order valence-electron chi connectivity index (χ4n) is 2.42. The van der Waals surface area contributed by atoms with Crippen LogP contribution in [0, 0.1) is 0 Å². The van der Waals surface area contributed by atoms with Gasteiger partial charge in [-0.1, -0.05) is 0 Å². The average Bonchev–Trinajstić information content (AvgIpc) is 3.20. The van der Waals surface area contributed by atoms with Gasteiger partial charge in [-0.15, -0.1) is 11.3 Å². The maximum atomic E-state index is 12.3. The normalized spacial score (nSPS) is 22.2. The van der Waals surface area contributed by atoms with E-state index in [1.54, 1.807) is 7.11 Å². The fraction of sp³-hybridized carbons (Fsp3) is 0.571. The third-order valence-electron chi connectivity index (χ3n) is 3.72. The van der Waals surface area contributed by atoms with Gasteiger partial charge >= 0.3 is 0 Å². The summed E-state index contributed by atoms with van der Waals surface area (Å²) in [5, 5.41) is 6.22. The maximum absolute atomic E-state index is 12.3. The molecule has 1 aromatic heterocycles. The molecule has 2 aliphatic rings. The van der Waals surface area contributed by atoms with Crippen molar-refractivity contribution in [3.63, 3.8) is 0 Å². The van der Waals surface area contributed by atoms with Gasteiger partial charge in [-0.05, 0) is 37.7 Å². The minimum absolute atomic E-state index is 0.0961. The van der Waals surface area contributed by atoms with Gasteiger partial charge in [0.05, 0.1) is 12.7 Å². The molecule has 1 saturated carbocycles. The lowest BCUT2D eigenvalue weighted by Gasteiger charge is -2.22. The minimum Gasteiger partial charge on any atom is -0.487 e. The first-order chi connectivity index (χ1) is 9.69. The summed E-state index contributed by atoms with van der Waals surface area (Å²) in [5.74, 6) is 0.279. The standard InChI is InChI=1S/C14H18N2O3S/c1-19-14-9(7-11(20-14)8-4-5-8)12(17)16-10-3-2-6-15-13(10)18/h7-8,10H,2-6H2,1H3,(H,15,18)(H,16,17). The molecule has 3 rings (SSSR count). The van der Waals surface area contributed by atoms with E-state index in [4.69, 9.17) is 4.74 Å². The second-order valence-corrected chi connectivity index (χ2v) is 6.33. The van der Waals surface area contributed by atoms with Crippen LogP contribution >= 0.6 is 11.3 Å². The molecule has 2 fully saturated rings. The van der Waals surface area contributed by atoms with Crippen molar-refractivity contribution in [3.05, 3.63) is 16.5 Å². The van der Waals surface area contributed by atoms with Gasteiger partial charge in [0.15, 0.2) is 5.06 Å². The van der Waals surface area contributed by atoms with Crippen LogP contribution in [0.25, 0.3) is 0 Å². The molecule has 0 aromatic carbocycles. The molecule has 2 heterocycles. The topological polar surface area (TPSA) is 67.4 Å². The summed E-state index contributed by atoms with van der Waals surface area (Å²) in [7, 11) is 1.58. The number of piperidine rings is 1. The summed E-state index contributed by atoms with van der Waals surface area (Å²) in [4.78, 5) is 25.2. The maximum Gasteiger partial charge on any atom is 0.256 e. The van der Waals surface area contributed by atoms with Crippen LogP contribution in [0.3, 0.4) is 0 Å². The largest absolute Gasteiger partial charge is 0.487 e. The Bertz CT molecular complexity index is 537. The van der Waals surface area contributed by atoms with Gasteiger partial charge in [0.25, 0.3) is 5.91 Å². The van der Waals surface area contributed by atoms with E-state index < -0.39 is 6.04 Å². The first-order valence-corrected chi connectivity index (χ1v) is 7.77. The first-order valence-electron chi connectivity index (χ1n) is 6.95. The van der Waals surface area contributed by atoms with Crippen LogP contribution in [0.2, 0.25) is 0 Å². The molecular weight excluding hydrogens is 276 g/mol. The number of ether oxygens (including phenoxy) is 1. The van der Waals surface area contributed by atoms with Crippen molar-refractivity contribution < 1.29 is 14.3 Å². The number of amides is 2. The molecule has 5 nitrogen and oxygen atoms in total. The van der Waals surface area contributed by atoms with E-state index in [1.165, 1.54) is 29.1 Å². The quantitative estimate of drug-likeness (QED) is 0.887. The monoisotopic (exact) mass is 294 g/mol. The Morgan fingerprint density at radius 3 is 2.90 bits per heavy atom. The molecule has 0 radical (unpaired) electrons. The van der Waals surface area contributed by atoms with E-state index in [-0.39, 0.29) is 11.8 Å². The van der Waals surface area contributed by atoms with Crippen LogP contribution in [0.1, 0.15) is 46.8 Å². The number of rotatable bonds is 4. The number of thiophene rings is 1. The summed E-state index contributed by atoms with van der Waals surface area (Å²) in [6, 6.07) is 1.49. The molecule has 1 saturated heterocycles. The van der Waals surface area contributed by atoms with Gasteiger partial charge in [0.1, 0.15) is 6.04 Å². The number of hydrogen-bond donors (Lipinski definition) is 2. The van der Waals surface area contributed by atoms with Crippen LogP contribution < -0.4 is 15.4 Å². The molecule has 20 heavy (non-hydrogen) atoms. The van der Waals surface area contributed by atoms with Crippen LogP contribution in [0.5, 0.6) is 5.06 Å². The molecule has 1 atom stereocenters. The van der Waals surface area contributed by atoms with Crippen molar-refractivity contribution in [1.29, 1.82) is 0 Å². The lowest BCUT2D eigenvalue weighted by atomic mass is 10.1. The number of methoxy groups -OCH3 is 1. The van der Waals surface area contributed by atoms with Gasteiger partial charge in [0, 0.05) is 11.4 Å². The molecule has 6 heteroatoms. The summed E-state index contributed by atoms with van der Waals surface area (Å²) < 4.78 is 5.30. The third-order valence-corrected chi connectivity index (χ3v) is 4.98. The number of carbonyl (C=O) groups is 2. The predicted octanol–water partition coefficient (Wildman–Crippen LogP) is 1.64. The Balaban J connectivity index is 1.74. The molecule has 2 N–H and O–H groups in total. The number of hydrogen-bond acceptors (Lipinski definition) is 4. The van der Waals surface area contributed by atoms with Gasteiger partial charge in [0.2, 0.25) is 5.91 Å². The number of nitrogens with one attached hydrogen (secondary N) is 2. The van der Waals surface area contributed by atoms with Crippen LogP contribution in [0.15, 0.2) is 6.07 Å². The van der Waals surface area contributed by atoms with Crippen LogP contribution in [-0.4, -0.2) is 31.5 Å². The molecule has 2 amide bonds. The van der Waals surface area contributed by atoms with Crippen LogP contribution in [0.4, 0.5) is 0 Å². The Hall–Kier alpha value is -1.56. The predicted molar refractivity (Wildman–Crippen MR) is 76.3 cm³/mol. The van der Waals surface area contributed by atoms with E-state index in [1.807, 2.05) is 6.07 Å². The summed E-state index contributed by atoms with van der Waals surface area (Å²) in [6.07, 6.45) is 3.97. The Morgan fingerprint density at radius 1 is 1.45 bits per heavy atom. The lowest BCUT2D eigenvalue weighted by molar-refractivity contribution is -0.124. The van der Waals surface area contributed by atoms with Crippen molar-refractivity contribution >= 4 is 23.2 Å². The van der Waals surface area contributed by atoms with E-state index in [2.05, 4.69) is 10.6 Å². The molecule has 1 aliphatic carbocycles. The van der Waals surface area contributed by atoms with Gasteiger partial charge in [-0.2, -0.15) is 0 Å². The Labute approximate surface area is 121 Å². The molecule has 1 aliphatic heterocycles. The van der Waals surface area contributed by atoms with E-state index in [9.17, 15) is 9.59 Å². The molecule has 1 aromatic rings. The smallest absolute Gasteiger partial charge is 0.256 e. The highest BCUT2D eigenvalue weighted by molar-refractivity contribution is 7.14. The fourth-order valence-corrected chi connectivity index (χ4v) is 3.56. The molecule has 0 spiro atoms. The average molecular weight is 294 g/mol. The van der Waals surface area contributed by atoms with Gasteiger partial charge < -0.3 is 15.4 Å². The zero-order chi connectivity index (χ0) is 14.1. The SMILES string of the molecule is COc1sc(C2CC2)cc1C(=O)NC1CCCNC1=O. The summed E-state index contributed by atoms with van der Waals surface area (Å²) in [5.41, 5.74) is 0.553. The van der Waals surface area contributed by atoms with Crippen molar-refractivity contribution in [2.75, 3.05) is 13.7 Å². The van der Waals surface area contributed by atoms with Crippen molar-refractivity contribution in [3.8, 4) is 5.06 Å². The highest BCUT2D eigenvalue weighted by Gasteiger charge is 2.30. The second-order valence-electron chi connectivity index (χ2n) is 5.29. The Kier molecular flexibility index (Phi) is 3.65. The third kappa shape index (κ3) is 2.65. The lowest BCUT2D eigenvalue weighted by Crippen LogP contribution is -2.50. The zero-order valence-corrected chi connectivity index (χ0v) is 12.2. The summed E-state index contributed by atoms with van der Waals surface area (Å²) >= 11 is 1.54. The first kappa shape index (κ1) is 13.4. The molecule has 0 bridgehead atoms. The van der Waals surface area contributed by atoms with Crippen molar-refractivity contribution in [2.45, 2.75) is 37.6 Å². The van der Waals surface area contributed by atoms with Crippen molar-refractivity contribution in [2.24, 2.45) is 0 Å².